The number of hydrogen-bond acceptors (Lipinski definition) is 6. The fraction of sp³-hybridized carbons (Fsp3) is 0.278. The van der Waals surface area contributed by atoms with Gasteiger partial charge in [-0.25, -0.2) is 0 Å². The van der Waals surface area contributed by atoms with E-state index in [0.717, 1.165) is 21.1 Å². The van der Waals surface area contributed by atoms with Gasteiger partial charge in [0.1, 0.15) is 5.75 Å². The second kappa shape index (κ2) is 7.94. The van der Waals surface area contributed by atoms with Crippen molar-refractivity contribution in [2.24, 2.45) is 0 Å². The highest BCUT2D eigenvalue weighted by molar-refractivity contribution is 7.15. The largest absolute Gasteiger partial charge is 0.484 e. The molecule has 1 amide bonds. The van der Waals surface area contributed by atoms with E-state index in [1.165, 1.54) is 11.3 Å². The van der Waals surface area contributed by atoms with Crippen LogP contribution < -0.4 is 10.1 Å². The second-order valence-corrected chi connectivity index (χ2v) is 6.68. The molecule has 0 unspecified atom stereocenters. The number of carbonyl (C=O) groups is 1. The van der Waals surface area contributed by atoms with Gasteiger partial charge in [0.2, 0.25) is 11.7 Å². The van der Waals surface area contributed by atoms with E-state index in [-0.39, 0.29) is 12.5 Å². The van der Waals surface area contributed by atoms with Crippen LogP contribution in [0.4, 0.5) is 0 Å². The number of hydrogen-bond donors (Lipinski definition) is 1. The summed E-state index contributed by atoms with van der Waals surface area (Å²) in [7, 11) is 0. The molecule has 3 aromatic rings. The van der Waals surface area contributed by atoms with Gasteiger partial charge in [-0.2, -0.15) is 4.98 Å². The summed E-state index contributed by atoms with van der Waals surface area (Å²) >= 11 is 1.53. The number of nitrogens with zero attached hydrogens (tertiary/aromatic N) is 2. The molecule has 25 heavy (non-hydrogen) atoms. The zero-order valence-corrected chi connectivity index (χ0v) is 14.9. The number of amides is 1. The molecule has 2 heterocycles. The zero-order valence-electron chi connectivity index (χ0n) is 14.1. The van der Waals surface area contributed by atoms with Crippen LogP contribution in [0.15, 0.2) is 40.9 Å². The Morgan fingerprint density at radius 3 is 3.00 bits per heavy atom. The van der Waals surface area contributed by atoms with E-state index in [1.807, 2.05) is 50.2 Å². The lowest BCUT2D eigenvalue weighted by molar-refractivity contribution is -0.120. The van der Waals surface area contributed by atoms with Crippen LogP contribution in [-0.4, -0.2) is 16.0 Å². The molecule has 130 valence electrons. The van der Waals surface area contributed by atoms with Crippen molar-refractivity contribution >= 4 is 17.2 Å². The Kier molecular flexibility index (Phi) is 5.45. The molecule has 1 N–H and O–H groups in total. The number of aromatic nitrogens is 2. The highest BCUT2D eigenvalue weighted by atomic mass is 32.1. The fourth-order valence-corrected chi connectivity index (χ4v) is 3.04. The van der Waals surface area contributed by atoms with Crippen molar-refractivity contribution in [2.45, 2.75) is 33.4 Å². The summed E-state index contributed by atoms with van der Waals surface area (Å²) in [6.07, 6.45) is 0.480. The van der Waals surface area contributed by atoms with E-state index in [0.29, 0.717) is 24.7 Å². The lowest BCUT2D eigenvalue weighted by atomic mass is 10.2. The first-order valence-electron chi connectivity index (χ1n) is 8.02. The first-order valence-corrected chi connectivity index (χ1v) is 8.83. The minimum Gasteiger partial charge on any atom is -0.484 e. The number of rotatable bonds is 7. The number of carbonyl (C=O) groups excluding carboxylic acids is 1. The zero-order chi connectivity index (χ0) is 17.6. The Balaban J connectivity index is 1.59. The maximum Gasteiger partial charge on any atom is 0.264 e. The number of nitrogens with one attached hydrogen (secondary N) is 1. The SMILES string of the molecule is CCC(=O)NCc1ccc(-c2noc(COc3cccc(C)c3)n2)s1. The van der Waals surface area contributed by atoms with E-state index in [9.17, 15) is 4.79 Å². The van der Waals surface area contributed by atoms with Crippen molar-refractivity contribution in [3.63, 3.8) is 0 Å². The number of thiophene rings is 1. The predicted octanol–water partition coefficient (Wildman–Crippen LogP) is 3.71. The normalized spacial score (nSPS) is 10.6. The average molecular weight is 357 g/mol. The van der Waals surface area contributed by atoms with Crippen molar-refractivity contribution in [1.29, 1.82) is 0 Å². The monoisotopic (exact) mass is 357 g/mol. The van der Waals surface area contributed by atoms with Gasteiger partial charge in [0.15, 0.2) is 6.61 Å². The summed E-state index contributed by atoms with van der Waals surface area (Å²) in [4.78, 5) is 17.6. The molecule has 1 aromatic carbocycles. The van der Waals surface area contributed by atoms with E-state index in [1.54, 1.807) is 0 Å². The van der Waals surface area contributed by atoms with Crippen LogP contribution in [0.1, 0.15) is 29.7 Å². The van der Waals surface area contributed by atoms with Gasteiger partial charge in [-0.3, -0.25) is 4.79 Å². The van der Waals surface area contributed by atoms with Crippen molar-refractivity contribution in [2.75, 3.05) is 0 Å². The summed E-state index contributed by atoms with van der Waals surface area (Å²) in [5.74, 6) is 1.75. The van der Waals surface area contributed by atoms with E-state index in [2.05, 4.69) is 15.5 Å². The van der Waals surface area contributed by atoms with Gasteiger partial charge in [0.05, 0.1) is 11.4 Å². The third-order valence-electron chi connectivity index (χ3n) is 3.48. The lowest BCUT2D eigenvalue weighted by Gasteiger charge is -2.03. The summed E-state index contributed by atoms with van der Waals surface area (Å²) in [6, 6.07) is 11.7. The standard InChI is InChI=1S/C18H19N3O3S/c1-3-16(22)19-10-14-7-8-15(25-14)18-20-17(24-21-18)11-23-13-6-4-5-12(2)9-13/h4-9H,3,10-11H2,1-2H3,(H,19,22). The smallest absolute Gasteiger partial charge is 0.264 e. The fourth-order valence-electron chi connectivity index (χ4n) is 2.17. The molecule has 3 rings (SSSR count). The summed E-state index contributed by atoms with van der Waals surface area (Å²) < 4.78 is 10.9. The molecule has 0 bridgehead atoms. The number of aryl methyl sites for hydroxylation is 1. The second-order valence-electron chi connectivity index (χ2n) is 5.51. The molecule has 0 fully saturated rings. The molecular weight excluding hydrogens is 338 g/mol. The quantitative estimate of drug-likeness (QED) is 0.697. The van der Waals surface area contributed by atoms with Crippen LogP contribution in [0.25, 0.3) is 10.7 Å². The predicted molar refractivity (Wildman–Crippen MR) is 95.3 cm³/mol. The summed E-state index contributed by atoms with van der Waals surface area (Å²) in [6.45, 7) is 4.57. The van der Waals surface area contributed by atoms with Crippen molar-refractivity contribution in [3.8, 4) is 16.5 Å². The highest BCUT2D eigenvalue weighted by Crippen LogP contribution is 2.26. The van der Waals surface area contributed by atoms with Gasteiger partial charge in [-0.1, -0.05) is 24.2 Å². The van der Waals surface area contributed by atoms with Crippen LogP contribution in [0, 0.1) is 6.92 Å². The molecule has 0 aliphatic rings. The Morgan fingerprint density at radius 1 is 1.32 bits per heavy atom. The number of benzene rings is 1. The molecule has 7 heteroatoms. The van der Waals surface area contributed by atoms with E-state index >= 15 is 0 Å². The third kappa shape index (κ3) is 4.67. The van der Waals surface area contributed by atoms with E-state index in [4.69, 9.17) is 9.26 Å². The highest BCUT2D eigenvalue weighted by Gasteiger charge is 2.12. The molecule has 6 nitrogen and oxygen atoms in total. The Morgan fingerprint density at radius 2 is 2.20 bits per heavy atom. The van der Waals surface area contributed by atoms with Crippen molar-refractivity contribution in [1.82, 2.24) is 15.5 Å². The van der Waals surface area contributed by atoms with Gasteiger partial charge in [-0.05, 0) is 36.8 Å². The molecular formula is C18H19N3O3S. The van der Waals surface area contributed by atoms with Crippen LogP contribution in [0.2, 0.25) is 0 Å². The Labute approximate surface area is 149 Å². The molecule has 0 aliphatic heterocycles. The average Bonchev–Trinajstić information content (AvgIpc) is 3.27. The molecule has 0 atom stereocenters. The number of ether oxygens (including phenoxy) is 1. The molecule has 0 spiro atoms. The maximum absolute atomic E-state index is 11.3. The Hall–Kier alpha value is -2.67. The van der Waals surface area contributed by atoms with Crippen molar-refractivity contribution < 1.29 is 14.1 Å². The molecule has 0 radical (unpaired) electrons. The van der Waals surface area contributed by atoms with Crippen LogP contribution in [-0.2, 0) is 17.9 Å². The van der Waals surface area contributed by atoms with Gasteiger partial charge < -0.3 is 14.6 Å². The molecule has 0 saturated carbocycles. The first-order chi connectivity index (χ1) is 12.1. The van der Waals surface area contributed by atoms with Gasteiger partial charge in [0, 0.05) is 11.3 Å². The molecule has 2 aromatic heterocycles. The minimum atomic E-state index is 0.0325. The van der Waals surface area contributed by atoms with E-state index < -0.39 is 0 Å². The minimum absolute atomic E-state index is 0.0325. The summed E-state index contributed by atoms with van der Waals surface area (Å²) in [5.41, 5.74) is 1.13. The van der Waals surface area contributed by atoms with Gasteiger partial charge in [-0.15, -0.1) is 11.3 Å². The third-order valence-corrected chi connectivity index (χ3v) is 4.56. The van der Waals surface area contributed by atoms with Crippen LogP contribution in [0.3, 0.4) is 0 Å². The Bertz CT molecular complexity index is 857. The lowest BCUT2D eigenvalue weighted by Crippen LogP contribution is -2.20. The van der Waals surface area contributed by atoms with Gasteiger partial charge >= 0.3 is 0 Å². The van der Waals surface area contributed by atoms with Crippen LogP contribution in [0.5, 0.6) is 5.75 Å². The van der Waals surface area contributed by atoms with Crippen LogP contribution >= 0.6 is 11.3 Å². The van der Waals surface area contributed by atoms with Crippen molar-refractivity contribution in [3.05, 3.63) is 52.7 Å². The van der Waals surface area contributed by atoms with Gasteiger partial charge in [0.25, 0.3) is 5.89 Å². The first kappa shape index (κ1) is 17.2. The summed E-state index contributed by atoms with van der Waals surface area (Å²) in [5, 5.41) is 6.85. The topological polar surface area (TPSA) is 77.2 Å². The maximum atomic E-state index is 11.3. The molecule has 0 saturated heterocycles. The molecule has 0 aliphatic carbocycles.